The van der Waals surface area contributed by atoms with Crippen molar-refractivity contribution in [1.29, 1.82) is 0 Å². The molecule has 0 saturated carbocycles. The summed E-state index contributed by atoms with van der Waals surface area (Å²) in [4.78, 5) is 1.03. The SMILES string of the molecule is CCc1nnsc1-c1nnc(C(NC)c2ccccc2)s1. The van der Waals surface area contributed by atoms with E-state index in [-0.39, 0.29) is 6.04 Å². The van der Waals surface area contributed by atoms with Crippen molar-refractivity contribution in [3.8, 4) is 9.88 Å². The van der Waals surface area contributed by atoms with Crippen LogP contribution in [0.3, 0.4) is 0 Å². The molecule has 0 aliphatic rings. The maximum Gasteiger partial charge on any atom is 0.161 e. The van der Waals surface area contributed by atoms with Crippen LogP contribution in [0.25, 0.3) is 9.88 Å². The predicted octanol–water partition coefficient (Wildman–Crippen LogP) is 2.93. The highest BCUT2D eigenvalue weighted by molar-refractivity contribution is 7.19. The van der Waals surface area contributed by atoms with E-state index in [1.54, 1.807) is 11.3 Å². The van der Waals surface area contributed by atoms with Crippen molar-refractivity contribution < 1.29 is 0 Å². The van der Waals surface area contributed by atoms with Crippen LogP contribution in [0.15, 0.2) is 30.3 Å². The van der Waals surface area contributed by atoms with E-state index in [2.05, 4.69) is 44.2 Å². The lowest BCUT2D eigenvalue weighted by Crippen LogP contribution is -2.17. The lowest BCUT2D eigenvalue weighted by molar-refractivity contribution is 0.678. The minimum atomic E-state index is 0.0587. The zero-order valence-corrected chi connectivity index (χ0v) is 13.4. The molecule has 0 fully saturated rings. The molecule has 0 bridgehead atoms. The van der Waals surface area contributed by atoms with Crippen molar-refractivity contribution in [3.63, 3.8) is 0 Å². The van der Waals surface area contributed by atoms with Gasteiger partial charge in [-0.1, -0.05) is 53.1 Å². The van der Waals surface area contributed by atoms with E-state index in [1.165, 1.54) is 17.1 Å². The van der Waals surface area contributed by atoms with Crippen LogP contribution in [-0.2, 0) is 6.42 Å². The normalized spacial score (nSPS) is 12.5. The Bertz CT molecular complexity index is 707. The maximum atomic E-state index is 4.35. The highest BCUT2D eigenvalue weighted by Crippen LogP contribution is 2.33. The minimum Gasteiger partial charge on any atom is -0.307 e. The molecule has 0 aliphatic carbocycles. The summed E-state index contributed by atoms with van der Waals surface area (Å²) in [6, 6.07) is 10.3. The van der Waals surface area contributed by atoms with Gasteiger partial charge in [0.1, 0.15) is 9.88 Å². The Balaban J connectivity index is 1.94. The van der Waals surface area contributed by atoms with Crippen LogP contribution in [-0.4, -0.2) is 26.8 Å². The lowest BCUT2D eigenvalue weighted by Gasteiger charge is -2.12. The van der Waals surface area contributed by atoms with E-state index < -0.39 is 0 Å². The van der Waals surface area contributed by atoms with Gasteiger partial charge in [-0.05, 0) is 30.6 Å². The van der Waals surface area contributed by atoms with Gasteiger partial charge in [0, 0.05) is 0 Å². The second-order valence-corrected chi connectivity index (χ2v) is 6.24. The van der Waals surface area contributed by atoms with Crippen molar-refractivity contribution in [2.24, 2.45) is 0 Å². The van der Waals surface area contributed by atoms with E-state index in [0.717, 1.165) is 27.0 Å². The zero-order valence-electron chi connectivity index (χ0n) is 11.8. The van der Waals surface area contributed by atoms with Crippen LogP contribution in [0.1, 0.15) is 29.2 Å². The van der Waals surface area contributed by atoms with Gasteiger partial charge in [0.25, 0.3) is 0 Å². The molecule has 0 saturated heterocycles. The van der Waals surface area contributed by atoms with Crippen molar-refractivity contribution >= 4 is 22.9 Å². The minimum absolute atomic E-state index is 0.0587. The number of aromatic nitrogens is 4. The molecule has 21 heavy (non-hydrogen) atoms. The van der Waals surface area contributed by atoms with Crippen LogP contribution in [0.4, 0.5) is 0 Å². The summed E-state index contributed by atoms with van der Waals surface area (Å²) < 4.78 is 4.02. The van der Waals surface area contributed by atoms with Crippen molar-refractivity contribution in [3.05, 3.63) is 46.6 Å². The maximum absolute atomic E-state index is 4.35. The summed E-state index contributed by atoms with van der Waals surface area (Å²) in [6.07, 6.45) is 0.856. The highest BCUT2D eigenvalue weighted by Gasteiger charge is 2.20. The molecular formula is C14H15N5S2. The van der Waals surface area contributed by atoms with Gasteiger partial charge in [-0.3, -0.25) is 0 Å². The smallest absolute Gasteiger partial charge is 0.161 e. The Morgan fingerprint density at radius 1 is 1.14 bits per heavy atom. The second-order valence-electron chi connectivity index (χ2n) is 4.48. The van der Waals surface area contributed by atoms with Gasteiger partial charge < -0.3 is 5.32 Å². The summed E-state index contributed by atoms with van der Waals surface area (Å²) in [6.45, 7) is 2.07. The van der Waals surface area contributed by atoms with Crippen LogP contribution < -0.4 is 5.32 Å². The largest absolute Gasteiger partial charge is 0.307 e. The summed E-state index contributed by atoms with van der Waals surface area (Å²) in [5.41, 5.74) is 2.17. The number of rotatable bonds is 5. The summed E-state index contributed by atoms with van der Waals surface area (Å²) in [5.74, 6) is 0. The van der Waals surface area contributed by atoms with Gasteiger partial charge in [-0.15, -0.1) is 15.3 Å². The van der Waals surface area contributed by atoms with E-state index in [4.69, 9.17) is 0 Å². The standard InChI is InChI=1S/C14H15N5S2/c1-3-10-12(21-19-16-10)14-18-17-13(20-14)11(15-2)9-7-5-4-6-8-9/h4-8,11,15H,3H2,1-2H3. The average Bonchev–Trinajstić information content (AvgIpc) is 3.17. The molecule has 1 N–H and O–H groups in total. The third kappa shape index (κ3) is 2.85. The Labute approximate surface area is 131 Å². The fourth-order valence-corrected chi connectivity index (χ4v) is 3.93. The molecule has 108 valence electrons. The molecule has 5 nitrogen and oxygen atoms in total. The van der Waals surface area contributed by atoms with Crippen molar-refractivity contribution in [2.45, 2.75) is 19.4 Å². The molecule has 2 aromatic heterocycles. The topological polar surface area (TPSA) is 63.6 Å². The number of aryl methyl sites for hydroxylation is 1. The molecule has 7 heteroatoms. The first-order valence-electron chi connectivity index (χ1n) is 6.70. The predicted molar refractivity (Wildman–Crippen MR) is 85.5 cm³/mol. The fraction of sp³-hybridized carbons (Fsp3) is 0.286. The molecule has 1 atom stereocenters. The first-order valence-corrected chi connectivity index (χ1v) is 8.29. The van der Waals surface area contributed by atoms with E-state index in [1.807, 2.05) is 25.2 Å². The molecule has 0 spiro atoms. The number of hydrogen-bond acceptors (Lipinski definition) is 7. The van der Waals surface area contributed by atoms with Crippen LogP contribution in [0.5, 0.6) is 0 Å². The van der Waals surface area contributed by atoms with Gasteiger partial charge in [-0.25, -0.2) is 0 Å². The zero-order chi connectivity index (χ0) is 14.7. The van der Waals surface area contributed by atoms with Gasteiger partial charge in [-0.2, -0.15) is 0 Å². The Morgan fingerprint density at radius 2 is 1.95 bits per heavy atom. The third-order valence-corrected chi connectivity index (χ3v) is 5.10. The van der Waals surface area contributed by atoms with Gasteiger partial charge in [0.05, 0.1) is 11.7 Å². The molecule has 1 aromatic carbocycles. The van der Waals surface area contributed by atoms with Gasteiger partial charge >= 0.3 is 0 Å². The number of hydrogen-bond donors (Lipinski definition) is 1. The molecule has 0 amide bonds. The summed E-state index contributed by atoms with van der Waals surface area (Å²) in [5, 5.41) is 18.0. The highest BCUT2D eigenvalue weighted by atomic mass is 32.1. The van der Waals surface area contributed by atoms with Crippen molar-refractivity contribution in [1.82, 2.24) is 25.1 Å². The molecule has 2 heterocycles. The molecule has 3 aromatic rings. The first-order chi connectivity index (χ1) is 10.3. The van der Waals surface area contributed by atoms with Crippen LogP contribution in [0.2, 0.25) is 0 Å². The fourth-order valence-electron chi connectivity index (χ4n) is 2.12. The molecular weight excluding hydrogens is 302 g/mol. The Kier molecular flexibility index (Phi) is 4.33. The van der Waals surface area contributed by atoms with E-state index in [9.17, 15) is 0 Å². The Morgan fingerprint density at radius 3 is 2.67 bits per heavy atom. The van der Waals surface area contributed by atoms with Crippen LogP contribution in [0, 0.1) is 0 Å². The summed E-state index contributed by atoms with van der Waals surface area (Å²) >= 11 is 2.98. The van der Waals surface area contributed by atoms with Gasteiger partial charge in [0.15, 0.2) is 5.01 Å². The average molecular weight is 317 g/mol. The second kappa shape index (κ2) is 6.38. The molecule has 0 radical (unpaired) electrons. The number of nitrogens with one attached hydrogen (secondary N) is 1. The third-order valence-electron chi connectivity index (χ3n) is 3.19. The lowest BCUT2D eigenvalue weighted by atomic mass is 10.1. The van der Waals surface area contributed by atoms with Crippen LogP contribution >= 0.6 is 22.9 Å². The number of nitrogens with zero attached hydrogens (tertiary/aromatic N) is 4. The first kappa shape index (κ1) is 14.2. The Hall–Kier alpha value is -1.70. The van der Waals surface area contributed by atoms with E-state index >= 15 is 0 Å². The van der Waals surface area contributed by atoms with Gasteiger partial charge in [0.2, 0.25) is 0 Å². The van der Waals surface area contributed by atoms with Crippen molar-refractivity contribution in [2.75, 3.05) is 7.05 Å². The molecule has 3 rings (SSSR count). The monoisotopic (exact) mass is 317 g/mol. The van der Waals surface area contributed by atoms with E-state index in [0.29, 0.717) is 0 Å². The number of benzene rings is 1. The molecule has 1 unspecified atom stereocenters. The molecule has 0 aliphatic heterocycles. The quantitative estimate of drug-likeness (QED) is 0.784. The summed E-state index contributed by atoms with van der Waals surface area (Å²) in [7, 11) is 1.93.